The summed E-state index contributed by atoms with van der Waals surface area (Å²) in [6, 6.07) is 2.76. The van der Waals surface area contributed by atoms with Gasteiger partial charge < -0.3 is 4.74 Å². The maximum absolute atomic E-state index is 8.65. The lowest BCUT2D eigenvalue weighted by Crippen LogP contribution is -2.37. The van der Waals surface area contributed by atoms with Crippen LogP contribution in [0.4, 0.5) is 0 Å². The Labute approximate surface area is 80.3 Å². The first-order valence-corrected chi connectivity index (χ1v) is 4.89. The van der Waals surface area contributed by atoms with Gasteiger partial charge in [-0.2, -0.15) is 5.26 Å². The molecular weight excluding hydrogens is 164 g/mol. The Hall–Kier alpha value is -0.590. The lowest BCUT2D eigenvalue weighted by Gasteiger charge is -2.26. The molecule has 1 unspecified atom stereocenters. The van der Waals surface area contributed by atoms with Gasteiger partial charge in [0.15, 0.2) is 0 Å². The highest BCUT2D eigenvalue weighted by Crippen LogP contribution is 2.34. The minimum absolute atomic E-state index is 0.529. The molecule has 74 valence electrons. The summed E-state index contributed by atoms with van der Waals surface area (Å²) in [5.74, 6) is 0.824. The Balaban J connectivity index is 2.31. The van der Waals surface area contributed by atoms with Crippen LogP contribution >= 0.6 is 0 Å². The van der Waals surface area contributed by atoms with Crippen LogP contribution < -0.4 is 0 Å². The molecule has 3 nitrogen and oxygen atoms in total. The van der Waals surface area contributed by atoms with Crippen LogP contribution in [0.25, 0.3) is 0 Å². The van der Waals surface area contributed by atoms with Gasteiger partial charge in [0.1, 0.15) is 0 Å². The van der Waals surface area contributed by atoms with Gasteiger partial charge in [-0.1, -0.05) is 0 Å². The maximum Gasteiger partial charge on any atom is 0.0869 e. The normalized spacial score (nSPS) is 18.6. The van der Waals surface area contributed by atoms with Crippen molar-refractivity contribution in [3.05, 3.63) is 0 Å². The van der Waals surface area contributed by atoms with E-state index in [1.807, 2.05) is 0 Å². The molecule has 1 saturated carbocycles. The topological polar surface area (TPSA) is 36.3 Å². The Bertz CT molecular complexity index is 184. The average molecular weight is 182 g/mol. The Kier molecular flexibility index (Phi) is 4.20. The molecule has 0 N–H and O–H groups in total. The van der Waals surface area contributed by atoms with E-state index in [9.17, 15) is 0 Å². The fourth-order valence-electron chi connectivity index (χ4n) is 1.60. The minimum atomic E-state index is 0.529. The van der Waals surface area contributed by atoms with Gasteiger partial charge in [0.05, 0.1) is 19.2 Å². The predicted molar refractivity (Wildman–Crippen MR) is 51.2 cm³/mol. The summed E-state index contributed by atoms with van der Waals surface area (Å²) in [5.41, 5.74) is 0. The van der Waals surface area contributed by atoms with Crippen molar-refractivity contribution in [2.75, 3.05) is 26.8 Å². The van der Waals surface area contributed by atoms with Crippen LogP contribution in [0, 0.1) is 17.2 Å². The summed E-state index contributed by atoms with van der Waals surface area (Å²) < 4.78 is 5.02. The van der Waals surface area contributed by atoms with Crippen LogP contribution in [-0.2, 0) is 4.74 Å². The monoisotopic (exact) mass is 182 g/mol. The summed E-state index contributed by atoms with van der Waals surface area (Å²) in [4.78, 5) is 2.21. The lowest BCUT2D eigenvalue weighted by molar-refractivity contribution is 0.127. The molecule has 1 fully saturated rings. The number of hydrogen-bond acceptors (Lipinski definition) is 3. The third-order valence-corrected chi connectivity index (χ3v) is 2.74. The molecule has 0 aromatic rings. The average Bonchev–Trinajstić information content (AvgIpc) is 2.94. The van der Waals surface area contributed by atoms with E-state index in [1.54, 1.807) is 7.11 Å². The highest BCUT2D eigenvalue weighted by atomic mass is 16.5. The highest BCUT2D eigenvalue weighted by molar-refractivity contribution is 4.88. The van der Waals surface area contributed by atoms with Crippen molar-refractivity contribution in [1.82, 2.24) is 4.90 Å². The van der Waals surface area contributed by atoms with Crippen LogP contribution in [0.2, 0.25) is 0 Å². The van der Waals surface area contributed by atoms with E-state index in [0.717, 1.165) is 19.1 Å². The first-order valence-electron chi connectivity index (χ1n) is 4.89. The quantitative estimate of drug-likeness (QED) is 0.580. The Morgan fingerprint density at radius 2 is 2.31 bits per heavy atom. The molecule has 1 aliphatic rings. The molecule has 1 aliphatic carbocycles. The first kappa shape index (κ1) is 10.5. The molecule has 0 aromatic heterocycles. The van der Waals surface area contributed by atoms with E-state index < -0.39 is 0 Å². The molecule has 0 spiro atoms. The van der Waals surface area contributed by atoms with E-state index in [0.29, 0.717) is 12.6 Å². The molecule has 0 aliphatic heterocycles. The molecule has 0 aromatic carbocycles. The second-order valence-corrected chi connectivity index (χ2v) is 3.70. The third-order valence-electron chi connectivity index (χ3n) is 2.74. The fraction of sp³-hybridized carbons (Fsp3) is 0.900. The number of rotatable bonds is 6. The molecule has 0 saturated heterocycles. The lowest BCUT2D eigenvalue weighted by atomic mass is 10.2. The Morgan fingerprint density at radius 3 is 2.77 bits per heavy atom. The molecule has 3 heteroatoms. The van der Waals surface area contributed by atoms with Gasteiger partial charge in [-0.3, -0.25) is 4.90 Å². The van der Waals surface area contributed by atoms with E-state index in [2.05, 4.69) is 17.9 Å². The van der Waals surface area contributed by atoms with Crippen LogP contribution in [0.3, 0.4) is 0 Å². The minimum Gasteiger partial charge on any atom is -0.383 e. The number of nitrogens with zero attached hydrogens (tertiary/aromatic N) is 2. The number of ether oxygens (including phenoxy) is 1. The van der Waals surface area contributed by atoms with E-state index >= 15 is 0 Å². The molecule has 0 bridgehead atoms. The Morgan fingerprint density at radius 1 is 1.62 bits per heavy atom. The molecule has 1 atom stereocenters. The van der Waals surface area contributed by atoms with Crippen molar-refractivity contribution in [2.45, 2.75) is 25.8 Å². The molecule has 0 radical (unpaired) electrons. The van der Waals surface area contributed by atoms with Crippen LogP contribution in [0.15, 0.2) is 0 Å². The molecule has 0 heterocycles. The smallest absolute Gasteiger partial charge is 0.0869 e. The number of hydrogen-bond donors (Lipinski definition) is 0. The van der Waals surface area contributed by atoms with Gasteiger partial charge in [-0.05, 0) is 25.7 Å². The van der Waals surface area contributed by atoms with Crippen molar-refractivity contribution >= 4 is 0 Å². The zero-order valence-electron chi connectivity index (χ0n) is 8.49. The van der Waals surface area contributed by atoms with Crippen LogP contribution in [-0.4, -0.2) is 37.7 Å². The fourth-order valence-corrected chi connectivity index (χ4v) is 1.60. The summed E-state index contributed by atoms with van der Waals surface area (Å²) in [7, 11) is 1.70. The highest BCUT2D eigenvalue weighted by Gasteiger charge is 2.31. The van der Waals surface area contributed by atoms with E-state index in [4.69, 9.17) is 10.00 Å². The van der Waals surface area contributed by atoms with Crippen molar-refractivity contribution in [3.8, 4) is 6.07 Å². The predicted octanol–water partition coefficient (Wildman–Crippen LogP) is 1.26. The first-order chi connectivity index (χ1) is 6.29. The van der Waals surface area contributed by atoms with Crippen molar-refractivity contribution in [1.29, 1.82) is 5.26 Å². The van der Waals surface area contributed by atoms with E-state index in [-0.39, 0.29) is 0 Å². The summed E-state index contributed by atoms with van der Waals surface area (Å²) in [6.07, 6.45) is 2.66. The summed E-state index contributed by atoms with van der Waals surface area (Å²) >= 11 is 0. The molecule has 13 heavy (non-hydrogen) atoms. The van der Waals surface area contributed by atoms with E-state index in [1.165, 1.54) is 12.8 Å². The third kappa shape index (κ3) is 3.33. The van der Waals surface area contributed by atoms with Crippen LogP contribution in [0.1, 0.15) is 19.8 Å². The van der Waals surface area contributed by atoms with Gasteiger partial charge in [0.25, 0.3) is 0 Å². The molecule has 0 amide bonds. The standard InChI is InChI=1S/C10H18N2O/c1-9(10-3-4-10)12(6-5-11)7-8-13-2/h9-10H,3-4,6-8H2,1-2H3. The molecule has 1 rings (SSSR count). The summed E-state index contributed by atoms with van der Waals surface area (Å²) in [5, 5.41) is 8.65. The zero-order valence-corrected chi connectivity index (χ0v) is 8.49. The van der Waals surface area contributed by atoms with Crippen molar-refractivity contribution in [2.24, 2.45) is 5.92 Å². The second-order valence-electron chi connectivity index (χ2n) is 3.70. The van der Waals surface area contributed by atoms with Gasteiger partial charge in [-0.25, -0.2) is 0 Å². The second kappa shape index (κ2) is 5.21. The molecular formula is C10H18N2O. The number of nitriles is 1. The zero-order chi connectivity index (χ0) is 9.68. The summed E-state index contributed by atoms with van der Waals surface area (Å²) in [6.45, 7) is 4.34. The maximum atomic E-state index is 8.65. The van der Waals surface area contributed by atoms with Gasteiger partial charge in [0.2, 0.25) is 0 Å². The largest absolute Gasteiger partial charge is 0.383 e. The van der Waals surface area contributed by atoms with Gasteiger partial charge in [-0.15, -0.1) is 0 Å². The van der Waals surface area contributed by atoms with Crippen molar-refractivity contribution < 1.29 is 4.74 Å². The van der Waals surface area contributed by atoms with Gasteiger partial charge >= 0.3 is 0 Å². The van der Waals surface area contributed by atoms with Crippen molar-refractivity contribution in [3.63, 3.8) is 0 Å². The SMILES string of the molecule is COCCN(CC#N)C(C)C1CC1. The van der Waals surface area contributed by atoms with Crippen LogP contribution in [0.5, 0.6) is 0 Å². The van der Waals surface area contributed by atoms with Gasteiger partial charge in [0, 0.05) is 19.7 Å². The number of methoxy groups -OCH3 is 1.